The molecule has 0 spiro atoms. The lowest BCUT2D eigenvalue weighted by Gasteiger charge is -2.19. The Bertz CT molecular complexity index is 209. The fraction of sp³-hybridized carbons (Fsp3) is 0.909. The summed E-state index contributed by atoms with van der Waals surface area (Å²) in [6.45, 7) is 6.25. The normalized spacial score (nSPS) is 20.6. The molecule has 0 aliphatic heterocycles. The SMILES string of the molecule is COC1(CC(=O)N[C@H](C)C(C)C)CC1. The molecule has 0 unspecified atom stereocenters. The van der Waals surface area contributed by atoms with Crippen molar-refractivity contribution in [1.82, 2.24) is 5.32 Å². The monoisotopic (exact) mass is 199 g/mol. The van der Waals surface area contributed by atoms with Gasteiger partial charge >= 0.3 is 0 Å². The quantitative estimate of drug-likeness (QED) is 0.732. The standard InChI is InChI=1S/C11H21NO2/c1-8(2)9(3)12-10(13)7-11(14-4)5-6-11/h8-9H,5-7H2,1-4H3,(H,12,13)/t9-/m1/s1. The smallest absolute Gasteiger partial charge is 0.223 e. The highest BCUT2D eigenvalue weighted by Gasteiger charge is 2.44. The van der Waals surface area contributed by atoms with Crippen molar-refractivity contribution >= 4 is 5.91 Å². The molecular formula is C11H21NO2. The molecule has 3 heteroatoms. The van der Waals surface area contributed by atoms with E-state index in [4.69, 9.17) is 4.74 Å². The zero-order valence-corrected chi connectivity index (χ0v) is 9.59. The van der Waals surface area contributed by atoms with Crippen LogP contribution in [0.3, 0.4) is 0 Å². The van der Waals surface area contributed by atoms with Gasteiger partial charge < -0.3 is 10.1 Å². The maximum atomic E-state index is 11.6. The molecule has 1 fully saturated rings. The van der Waals surface area contributed by atoms with Crippen LogP contribution in [-0.2, 0) is 9.53 Å². The highest BCUT2D eigenvalue weighted by molar-refractivity contribution is 5.77. The Hall–Kier alpha value is -0.570. The maximum absolute atomic E-state index is 11.6. The van der Waals surface area contributed by atoms with E-state index in [-0.39, 0.29) is 17.6 Å². The molecule has 14 heavy (non-hydrogen) atoms. The second-order valence-electron chi connectivity index (χ2n) is 4.66. The number of rotatable bonds is 5. The van der Waals surface area contributed by atoms with Crippen LogP contribution < -0.4 is 5.32 Å². The molecule has 1 saturated carbocycles. The Labute approximate surface area is 86.2 Å². The molecule has 1 amide bonds. The summed E-state index contributed by atoms with van der Waals surface area (Å²) in [5.74, 6) is 0.599. The van der Waals surface area contributed by atoms with Crippen LogP contribution in [0.15, 0.2) is 0 Å². The molecule has 1 N–H and O–H groups in total. The van der Waals surface area contributed by atoms with Gasteiger partial charge in [0.05, 0.1) is 12.0 Å². The number of carbonyl (C=O) groups is 1. The molecule has 82 valence electrons. The fourth-order valence-corrected chi connectivity index (χ4v) is 1.36. The van der Waals surface area contributed by atoms with Crippen molar-refractivity contribution in [3.8, 4) is 0 Å². The average molecular weight is 199 g/mol. The summed E-state index contributed by atoms with van der Waals surface area (Å²) in [4.78, 5) is 11.6. The van der Waals surface area contributed by atoms with Gasteiger partial charge in [-0.15, -0.1) is 0 Å². The molecule has 0 aromatic heterocycles. The van der Waals surface area contributed by atoms with Crippen LogP contribution in [0.25, 0.3) is 0 Å². The van der Waals surface area contributed by atoms with E-state index in [1.54, 1.807) is 7.11 Å². The van der Waals surface area contributed by atoms with Gasteiger partial charge in [-0.05, 0) is 25.7 Å². The van der Waals surface area contributed by atoms with E-state index in [1.807, 2.05) is 6.92 Å². The minimum absolute atomic E-state index is 0.116. The molecule has 0 heterocycles. The Morgan fingerprint density at radius 2 is 2.00 bits per heavy atom. The van der Waals surface area contributed by atoms with E-state index in [9.17, 15) is 4.79 Å². The third-order valence-electron chi connectivity index (χ3n) is 3.11. The summed E-state index contributed by atoms with van der Waals surface area (Å²) >= 11 is 0. The third kappa shape index (κ3) is 2.98. The minimum Gasteiger partial charge on any atom is -0.378 e. The second kappa shape index (κ2) is 4.30. The average Bonchev–Trinajstić information content (AvgIpc) is 2.85. The number of amides is 1. The Morgan fingerprint density at radius 1 is 1.43 bits per heavy atom. The zero-order valence-electron chi connectivity index (χ0n) is 9.59. The number of carbonyl (C=O) groups excluding carboxylic acids is 1. The van der Waals surface area contributed by atoms with Crippen molar-refractivity contribution in [2.75, 3.05) is 7.11 Å². The van der Waals surface area contributed by atoms with Crippen molar-refractivity contribution < 1.29 is 9.53 Å². The number of methoxy groups -OCH3 is 1. The topological polar surface area (TPSA) is 38.3 Å². The number of hydrogen-bond donors (Lipinski definition) is 1. The largest absolute Gasteiger partial charge is 0.378 e. The first-order valence-electron chi connectivity index (χ1n) is 5.33. The van der Waals surface area contributed by atoms with Gasteiger partial charge in [0, 0.05) is 13.2 Å². The van der Waals surface area contributed by atoms with Crippen molar-refractivity contribution in [3.05, 3.63) is 0 Å². The maximum Gasteiger partial charge on any atom is 0.223 e. The molecule has 0 saturated heterocycles. The Balaban J connectivity index is 2.29. The van der Waals surface area contributed by atoms with Crippen molar-refractivity contribution in [2.24, 2.45) is 5.92 Å². The number of nitrogens with one attached hydrogen (secondary N) is 1. The first kappa shape index (κ1) is 11.5. The number of ether oxygens (including phenoxy) is 1. The fourth-order valence-electron chi connectivity index (χ4n) is 1.36. The van der Waals surface area contributed by atoms with Crippen LogP contribution in [0.5, 0.6) is 0 Å². The van der Waals surface area contributed by atoms with E-state index >= 15 is 0 Å². The molecule has 1 aliphatic rings. The third-order valence-corrected chi connectivity index (χ3v) is 3.11. The van der Waals surface area contributed by atoms with E-state index in [0.29, 0.717) is 12.3 Å². The summed E-state index contributed by atoms with van der Waals surface area (Å²) in [7, 11) is 1.69. The van der Waals surface area contributed by atoms with Crippen LogP contribution in [0, 0.1) is 5.92 Å². The molecular weight excluding hydrogens is 178 g/mol. The molecule has 1 rings (SSSR count). The lowest BCUT2D eigenvalue weighted by molar-refractivity contribution is -0.125. The summed E-state index contributed by atoms with van der Waals surface area (Å²) < 4.78 is 5.30. The highest BCUT2D eigenvalue weighted by Crippen LogP contribution is 2.41. The van der Waals surface area contributed by atoms with Crippen LogP contribution in [0.1, 0.15) is 40.0 Å². The second-order valence-corrected chi connectivity index (χ2v) is 4.66. The Kier molecular flexibility index (Phi) is 3.53. The molecule has 1 aliphatic carbocycles. The van der Waals surface area contributed by atoms with E-state index in [0.717, 1.165) is 12.8 Å². The van der Waals surface area contributed by atoms with Gasteiger partial charge in [0.1, 0.15) is 0 Å². The molecule has 1 atom stereocenters. The van der Waals surface area contributed by atoms with Gasteiger partial charge in [-0.25, -0.2) is 0 Å². The summed E-state index contributed by atoms with van der Waals surface area (Å²) in [6.07, 6.45) is 2.56. The molecule has 0 radical (unpaired) electrons. The van der Waals surface area contributed by atoms with Crippen LogP contribution in [-0.4, -0.2) is 24.7 Å². The van der Waals surface area contributed by atoms with E-state index < -0.39 is 0 Å². The lowest BCUT2D eigenvalue weighted by Crippen LogP contribution is -2.38. The van der Waals surface area contributed by atoms with Gasteiger partial charge in [0.2, 0.25) is 5.91 Å². The van der Waals surface area contributed by atoms with Crippen LogP contribution in [0.2, 0.25) is 0 Å². The van der Waals surface area contributed by atoms with Crippen molar-refractivity contribution in [3.63, 3.8) is 0 Å². The summed E-state index contributed by atoms with van der Waals surface area (Å²) in [5, 5.41) is 2.99. The van der Waals surface area contributed by atoms with Gasteiger partial charge in [0.15, 0.2) is 0 Å². The van der Waals surface area contributed by atoms with Gasteiger partial charge in [0.25, 0.3) is 0 Å². The van der Waals surface area contributed by atoms with Gasteiger partial charge in [-0.1, -0.05) is 13.8 Å². The summed E-state index contributed by atoms with van der Waals surface area (Å²) in [6, 6.07) is 0.246. The highest BCUT2D eigenvalue weighted by atomic mass is 16.5. The first-order valence-corrected chi connectivity index (χ1v) is 5.33. The predicted octanol–water partition coefficient (Wildman–Crippen LogP) is 1.72. The van der Waals surface area contributed by atoms with E-state index in [1.165, 1.54) is 0 Å². The van der Waals surface area contributed by atoms with Crippen molar-refractivity contribution in [1.29, 1.82) is 0 Å². The molecule has 3 nitrogen and oxygen atoms in total. The Morgan fingerprint density at radius 3 is 2.36 bits per heavy atom. The molecule has 0 aromatic carbocycles. The molecule has 0 aromatic rings. The molecule has 0 bridgehead atoms. The van der Waals surface area contributed by atoms with Crippen molar-refractivity contribution in [2.45, 2.75) is 51.7 Å². The van der Waals surface area contributed by atoms with E-state index in [2.05, 4.69) is 19.2 Å². The minimum atomic E-state index is -0.124. The summed E-state index contributed by atoms with van der Waals surface area (Å²) in [5.41, 5.74) is -0.124. The van der Waals surface area contributed by atoms with Crippen LogP contribution in [0.4, 0.5) is 0 Å². The van der Waals surface area contributed by atoms with Gasteiger partial charge in [-0.2, -0.15) is 0 Å². The lowest BCUT2D eigenvalue weighted by atomic mass is 10.1. The predicted molar refractivity (Wildman–Crippen MR) is 56.0 cm³/mol. The zero-order chi connectivity index (χ0) is 10.8. The van der Waals surface area contributed by atoms with Gasteiger partial charge in [-0.3, -0.25) is 4.79 Å². The number of hydrogen-bond acceptors (Lipinski definition) is 2. The first-order chi connectivity index (χ1) is 6.49. The van der Waals surface area contributed by atoms with Crippen LogP contribution >= 0.6 is 0 Å².